The molecule has 0 saturated carbocycles. The first-order chi connectivity index (χ1) is 6.77. The van der Waals surface area contributed by atoms with Crippen molar-refractivity contribution in [1.29, 1.82) is 0 Å². The van der Waals surface area contributed by atoms with E-state index in [1.54, 1.807) is 6.92 Å². The van der Waals surface area contributed by atoms with Gasteiger partial charge >= 0.3 is 0 Å². The predicted molar refractivity (Wildman–Crippen MR) is 53.6 cm³/mol. The highest BCUT2D eigenvalue weighted by Crippen LogP contribution is 2.14. The molecule has 0 aliphatic carbocycles. The second kappa shape index (κ2) is 3.49. The molecule has 4 heteroatoms. The van der Waals surface area contributed by atoms with Crippen LogP contribution in [0.15, 0.2) is 35.4 Å². The van der Waals surface area contributed by atoms with Crippen LogP contribution in [-0.2, 0) is 4.79 Å². The van der Waals surface area contributed by atoms with Crippen molar-refractivity contribution < 1.29 is 4.79 Å². The lowest BCUT2D eigenvalue weighted by Crippen LogP contribution is -2.43. The Labute approximate surface area is 82.0 Å². The predicted octanol–water partition coefficient (Wildman–Crippen LogP) is 0.780. The average molecular weight is 189 g/mol. The number of carbonyl (C=O) groups is 1. The molecule has 0 aromatic heterocycles. The summed E-state index contributed by atoms with van der Waals surface area (Å²) in [6, 6.07) is 9.13. The molecule has 1 aliphatic heterocycles. The van der Waals surface area contributed by atoms with Crippen molar-refractivity contribution in [3.05, 3.63) is 35.9 Å². The summed E-state index contributed by atoms with van der Waals surface area (Å²) < 4.78 is 0. The van der Waals surface area contributed by atoms with Gasteiger partial charge in [0, 0.05) is 0 Å². The van der Waals surface area contributed by atoms with Gasteiger partial charge in [-0.15, -0.1) is 0 Å². The molecular formula is C10H11N3O. The fourth-order valence-electron chi connectivity index (χ4n) is 1.37. The molecule has 0 saturated heterocycles. The van der Waals surface area contributed by atoms with E-state index in [9.17, 15) is 4.79 Å². The number of nitrogens with one attached hydrogen (secondary N) is 2. The third-order valence-corrected chi connectivity index (χ3v) is 2.06. The van der Waals surface area contributed by atoms with Crippen LogP contribution in [0.1, 0.15) is 18.5 Å². The van der Waals surface area contributed by atoms with Crippen LogP contribution < -0.4 is 10.7 Å². The standard InChI is InChI=1S/C10H11N3O/c1-7-11-10(14)9(13-12-7)8-5-3-2-4-6-8/h2-6,9,13H,1H3,(H,11,12,14). The van der Waals surface area contributed by atoms with E-state index in [0.717, 1.165) is 5.56 Å². The number of benzene rings is 1. The summed E-state index contributed by atoms with van der Waals surface area (Å²) in [5.74, 6) is 0.533. The third-order valence-electron chi connectivity index (χ3n) is 2.06. The lowest BCUT2D eigenvalue weighted by atomic mass is 10.1. The van der Waals surface area contributed by atoms with E-state index in [-0.39, 0.29) is 11.9 Å². The highest BCUT2D eigenvalue weighted by atomic mass is 16.2. The van der Waals surface area contributed by atoms with Gasteiger partial charge in [0.1, 0.15) is 11.9 Å². The molecule has 1 unspecified atom stereocenters. The van der Waals surface area contributed by atoms with Gasteiger partial charge in [-0.05, 0) is 12.5 Å². The maximum Gasteiger partial charge on any atom is 0.254 e. The van der Waals surface area contributed by atoms with Crippen molar-refractivity contribution in [3.8, 4) is 0 Å². The number of carbonyl (C=O) groups excluding carboxylic acids is 1. The first-order valence-corrected chi connectivity index (χ1v) is 4.43. The molecule has 14 heavy (non-hydrogen) atoms. The van der Waals surface area contributed by atoms with E-state index in [4.69, 9.17) is 0 Å². The largest absolute Gasteiger partial charge is 0.311 e. The molecule has 0 bridgehead atoms. The Morgan fingerprint density at radius 1 is 1.29 bits per heavy atom. The monoisotopic (exact) mass is 189 g/mol. The van der Waals surface area contributed by atoms with Gasteiger partial charge in [-0.25, -0.2) is 0 Å². The van der Waals surface area contributed by atoms with Gasteiger partial charge in [-0.2, -0.15) is 5.10 Å². The van der Waals surface area contributed by atoms with Gasteiger partial charge in [0.05, 0.1) is 0 Å². The summed E-state index contributed by atoms with van der Waals surface area (Å²) in [6.07, 6.45) is 0. The van der Waals surface area contributed by atoms with E-state index in [1.165, 1.54) is 0 Å². The Morgan fingerprint density at radius 2 is 2.00 bits per heavy atom. The lowest BCUT2D eigenvalue weighted by Gasteiger charge is -2.21. The molecular weight excluding hydrogens is 178 g/mol. The van der Waals surface area contributed by atoms with E-state index in [0.29, 0.717) is 5.84 Å². The van der Waals surface area contributed by atoms with E-state index in [1.807, 2.05) is 30.3 Å². The Morgan fingerprint density at radius 3 is 2.64 bits per heavy atom. The van der Waals surface area contributed by atoms with Crippen molar-refractivity contribution in [2.45, 2.75) is 13.0 Å². The Kier molecular flexibility index (Phi) is 2.18. The minimum atomic E-state index is -0.375. The van der Waals surface area contributed by atoms with Gasteiger partial charge < -0.3 is 5.32 Å². The maximum atomic E-state index is 11.6. The van der Waals surface area contributed by atoms with Gasteiger partial charge in [-0.3, -0.25) is 10.2 Å². The molecule has 1 amide bonds. The number of hydrogen-bond donors (Lipinski definition) is 2. The number of amidine groups is 1. The minimum Gasteiger partial charge on any atom is -0.311 e. The van der Waals surface area contributed by atoms with Crippen LogP contribution >= 0.6 is 0 Å². The quantitative estimate of drug-likeness (QED) is 0.686. The van der Waals surface area contributed by atoms with Gasteiger partial charge in [0.15, 0.2) is 0 Å². The van der Waals surface area contributed by atoms with Crippen molar-refractivity contribution in [2.75, 3.05) is 0 Å². The molecule has 72 valence electrons. The molecule has 0 fully saturated rings. The van der Waals surface area contributed by atoms with Crippen molar-refractivity contribution >= 4 is 11.7 Å². The summed E-state index contributed by atoms with van der Waals surface area (Å²) in [5, 5.41) is 6.65. The molecule has 4 nitrogen and oxygen atoms in total. The summed E-state index contributed by atoms with van der Waals surface area (Å²) in [7, 11) is 0. The van der Waals surface area contributed by atoms with Gasteiger partial charge in [-0.1, -0.05) is 30.3 Å². The molecule has 0 spiro atoms. The second-order valence-corrected chi connectivity index (χ2v) is 3.16. The van der Waals surface area contributed by atoms with E-state index in [2.05, 4.69) is 15.8 Å². The molecule has 1 aromatic rings. The second-order valence-electron chi connectivity index (χ2n) is 3.16. The first-order valence-electron chi connectivity index (χ1n) is 4.43. The number of hydrogen-bond acceptors (Lipinski definition) is 3. The molecule has 1 aliphatic rings. The molecule has 1 aromatic carbocycles. The van der Waals surface area contributed by atoms with E-state index >= 15 is 0 Å². The van der Waals surface area contributed by atoms with Crippen LogP contribution in [0, 0.1) is 0 Å². The Balaban J connectivity index is 2.25. The smallest absolute Gasteiger partial charge is 0.254 e. The molecule has 1 atom stereocenters. The number of amides is 1. The maximum absolute atomic E-state index is 11.6. The first kappa shape index (κ1) is 8.74. The minimum absolute atomic E-state index is 0.0660. The van der Waals surface area contributed by atoms with Crippen molar-refractivity contribution in [1.82, 2.24) is 10.7 Å². The zero-order valence-electron chi connectivity index (χ0n) is 7.82. The topological polar surface area (TPSA) is 53.5 Å². The Bertz CT molecular complexity index is 372. The molecule has 2 rings (SSSR count). The summed E-state index contributed by atoms with van der Waals surface area (Å²) in [5.41, 5.74) is 3.73. The molecule has 0 radical (unpaired) electrons. The van der Waals surface area contributed by atoms with E-state index < -0.39 is 0 Å². The fraction of sp³-hybridized carbons (Fsp3) is 0.200. The lowest BCUT2D eigenvalue weighted by molar-refractivity contribution is -0.122. The molecule has 1 heterocycles. The van der Waals surface area contributed by atoms with Crippen LogP contribution in [0.25, 0.3) is 0 Å². The fourth-order valence-corrected chi connectivity index (χ4v) is 1.37. The zero-order chi connectivity index (χ0) is 9.97. The number of hydrazone groups is 1. The van der Waals surface area contributed by atoms with Crippen molar-refractivity contribution in [2.24, 2.45) is 5.10 Å². The highest BCUT2D eigenvalue weighted by Gasteiger charge is 2.23. The van der Waals surface area contributed by atoms with Crippen LogP contribution in [-0.4, -0.2) is 11.7 Å². The average Bonchev–Trinajstić information content (AvgIpc) is 2.19. The number of rotatable bonds is 1. The summed E-state index contributed by atoms with van der Waals surface area (Å²) in [6.45, 7) is 1.74. The summed E-state index contributed by atoms with van der Waals surface area (Å²) >= 11 is 0. The molecule has 2 N–H and O–H groups in total. The Hall–Kier alpha value is -1.84. The normalized spacial score (nSPS) is 20.8. The highest BCUT2D eigenvalue weighted by molar-refractivity contribution is 6.01. The van der Waals surface area contributed by atoms with Gasteiger partial charge in [0.25, 0.3) is 5.91 Å². The van der Waals surface area contributed by atoms with Gasteiger partial charge in [0.2, 0.25) is 0 Å². The number of nitrogens with zero attached hydrogens (tertiary/aromatic N) is 1. The van der Waals surface area contributed by atoms with Crippen LogP contribution in [0.4, 0.5) is 0 Å². The van der Waals surface area contributed by atoms with Crippen LogP contribution in [0.2, 0.25) is 0 Å². The zero-order valence-corrected chi connectivity index (χ0v) is 7.82. The van der Waals surface area contributed by atoms with Crippen LogP contribution in [0.3, 0.4) is 0 Å². The summed E-state index contributed by atoms with van der Waals surface area (Å²) in [4.78, 5) is 11.6. The third kappa shape index (κ3) is 1.59. The SMILES string of the molecule is CC1=NNC(c2ccccc2)C(=O)N1. The van der Waals surface area contributed by atoms with Crippen LogP contribution in [0.5, 0.6) is 0 Å². The van der Waals surface area contributed by atoms with Crippen molar-refractivity contribution in [3.63, 3.8) is 0 Å².